The quantitative estimate of drug-likeness (QED) is 0.906. The van der Waals surface area contributed by atoms with E-state index in [4.69, 9.17) is 17.3 Å². The van der Waals surface area contributed by atoms with Crippen molar-refractivity contribution in [1.29, 1.82) is 0 Å². The van der Waals surface area contributed by atoms with Crippen LogP contribution in [-0.2, 0) is 12.8 Å². The summed E-state index contributed by atoms with van der Waals surface area (Å²) in [5, 5.41) is 12.6. The fourth-order valence-electron chi connectivity index (χ4n) is 1.73. The van der Waals surface area contributed by atoms with Gasteiger partial charge in [-0.05, 0) is 25.0 Å². The molecule has 0 aromatic carbocycles. The first-order valence-corrected chi connectivity index (χ1v) is 5.91. The van der Waals surface area contributed by atoms with Gasteiger partial charge < -0.3 is 5.73 Å². The molecule has 0 saturated heterocycles. The Morgan fingerprint density at radius 2 is 2.00 bits per heavy atom. The van der Waals surface area contributed by atoms with E-state index < -0.39 is 0 Å². The molecule has 0 radical (unpaired) electrons. The van der Waals surface area contributed by atoms with Crippen molar-refractivity contribution in [2.75, 3.05) is 5.73 Å². The zero-order chi connectivity index (χ0) is 12.4. The molecule has 0 aliphatic rings. The van der Waals surface area contributed by atoms with Crippen molar-refractivity contribution in [3.63, 3.8) is 0 Å². The molecule has 0 aliphatic carbocycles. The number of aromatic nitrogens is 4. The molecule has 0 spiro atoms. The lowest BCUT2D eigenvalue weighted by Crippen LogP contribution is -2.05. The number of halogens is 1. The minimum Gasteiger partial charge on any atom is -0.396 e. The zero-order valence-corrected chi connectivity index (χ0v) is 10.6. The molecule has 6 heteroatoms. The molecule has 0 fully saturated rings. The van der Waals surface area contributed by atoms with Crippen LogP contribution in [0.4, 0.5) is 5.69 Å². The summed E-state index contributed by atoms with van der Waals surface area (Å²) >= 11 is 5.71. The lowest BCUT2D eigenvalue weighted by molar-refractivity contribution is 0.754. The third kappa shape index (κ3) is 2.10. The van der Waals surface area contributed by atoms with Crippen molar-refractivity contribution in [2.24, 2.45) is 0 Å². The summed E-state index contributed by atoms with van der Waals surface area (Å²) in [7, 11) is 0. The Morgan fingerprint density at radius 1 is 1.24 bits per heavy atom. The highest BCUT2D eigenvalue weighted by atomic mass is 35.5. The monoisotopic (exact) mass is 251 g/mol. The number of nitrogen functional groups attached to an aromatic ring is 1. The molecule has 90 valence electrons. The first kappa shape index (κ1) is 11.9. The standard InChI is InChI=1S/C11H14ClN5/c1-3-7-11(13)8(4-2)17(16-7)10-6-5-9(12)14-15-10/h5-6H,3-4,13H2,1-2H3. The van der Waals surface area contributed by atoms with Crippen LogP contribution in [0.15, 0.2) is 12.1 Å². The molecule has 2 rings (SSSR count). The van der Waals surface area contributed by atoms with Crippen molar-refractivity contribution in [2.45, 2.75) is 26.7 Å². The second-order valence-corrected chi connectivity index (χ2v) is 4.03. The number of hydrogen-bond acceptors (Lipinski definition) is 4. The van der Waals surface area contributed by atoms with Crippen LogP contribution < -0.4 is 5.73 Å². The van der Waals surface area contributed by atoms with Gasteiger partial charge in [-0.25, -0.2) is 4.68 Å². The summed E-state index contributed by atoms with van der Waals surface area (Å²) in [6.07, 6.45) is 1.59. The minimum atomic E-state index is 0.364. The first-order valence-electron chi connectivity index (χ1n) is 5.53. The second-order valence-electron chi connectivity index (χ2n) is 3.64. The van der Waals surface area contributed by atoms with Gasteiger partial charge in [0.15, 0.2) is 11.0 Å². The van der Waals surface area contributed by atoms with Crippen LogP contribution in [0.2, 0.25) is 5.15 Å². The molecule has 2 aromatic rings. The summed E-state index contributed by atoms with van der Waals surface area (Å²) in [5.74, 6) is 0.637. The van der Waals surface area contributed by atoms with Gasteiger partial charge in [0.1, 0.15) is 0 Å². The Labute approximate surface area is 105 Å². The Morgan fingerprint density at radius 3 is 2.53 bits per heavy atom. The molecule has 2 N–H and O–H groups in total. The topological polar surface area (TPSA) is 69.6 Å². The summed E-state index contributed by atoms with van der Waals surface area (Å²) < 4.78 is 1.73. The predicted octanol–water partition coefficient (Wildman–Crippen LogP) is 2.02. The normalized spacial score (nSPS) is 10.8. The Hall–Kier alpha value is -1.62. The molecular weight excluding hydrogens is 238 g/mol. The van der Waals surface area contributed by atoms with Gasteiger partial charge in [0.25, 0.3) is 0 Å². The van der Waals surface area contributed by atoms with Crippen molar-refractivity contribution in [1.82, 2.24) is 20.0 Å². The van der Waals surface area contributed by atoms with E-state index in [0.29, 0.717) is 11.0 Å². The average Bonchev–Trinajstić information content (AvgIpc) is 2.66. The van der Waals surface area contributed by atoms with E-state index in [1.165, 1.54) is 0 Å². The van der Waals surface area contributed by atoms with E-state index in [1.807, 2.05) is 13.8 Å². The molecule has 5 nitrogen and oxygen atoms in total. The fraction of sp³-hybridized carbons (Fsp3) is 0.364. The maximum atomic E-state index is 6.03. The molecule has 0 unspecified atom stereocenters. The summed E-state index contributed by atoms with van der Waals surface area (Å²) in [4.78, 5) is 0. The first-order chi connectivity index (χ1) is 8.17. The van der Waals surface area contributed by atoms with Crippen molar-refractivity contribution in [3.8, 4) is 5.82 Å². The molecule has 0 saturated carbocycles. The van der Waals surface area contributed by atoms with Crippen molar-refractivity contribution in [3.05, 3.63) is 28.7 Å². The molecule has 2 aromatic heterocycles. The maximum Gasteiger partial charge on any atom is 0.176 e. The van der Waals surface area contributed by atoms with Gasteiger partial charge in [0, 0.05) is 0 Å². The maximum absolute atomic E-state index is 6.03. The van der Waals surface area contributed by atoms with Crippen LogP contribution in [0.3, 0.4) is 0 Å². The van der Waals surface area contributed by atoms with E-state index in [2.05, 4.69) is 15.3 Å². The number of anilines is 1. The molecular formula is C11H14ClN5. The van der Waals surface area contributed by atoms with E-state index in [1.54, 1.807) is 16.8 Å². The highest BCUT2D eigenvalue weighted by Crippen LogP contribution is 2.21. The summed E-state index contributed by atoms with van der Waals surface area (Å²) in [6.45, 7) is 4.06. The highest BCUT2D eigenvalue weighted by Gasteiger charge is 2.14. The Bertz CT molecular complexity index is 517. The number of rotatable bonds is 3. The van der Waals surface area contributed by atoms with Crippen LogP contribution in [0.1, 0.15) is 25.2 Å². The molecule has 2 heterocycles. The van der Waals surface area contributed by atoms with Crippen LogP contribution in [0.25, 0.3) is 5.82 Å². The lowest BCUT2D eigenvalue weighted by atomic mass is 10.2. The average molecular weight is 252 g/mol. The SMILES string of the molecule is CCc1nn(-c2ccc(Cl)nn2)c(CC)c1N. The molecule has 0 amide bonds. The Balaban J connectivity index is 2.54. The van der Waals surface area contributed by atoms with Crippen LogP contribution in [-0.4, -0.2) is 20.0 Å². The summed E-state index contributed by atoms with van der Waals surface area (Å²) in [6, 6.07) is 3.47. The van der Waals surface area contributed by atoms with Crippen molar-refractivity contribution < 1.29 is 0 Å². The predicted molar refractivity (Wildman–Crippen MR) is 67.3 cm³/mol. The smallest absolute Gasteiger partial charge is 0.176 e. The number of nitrogens with two attached hydrogens (primary N) is 1. The molecule has 17 heavy (non-hydrogen) atoms. The number of nitrogens with zero attached hydrogens (tertiary/aromatic N) is 4. The molecule has 0 bridgehead atoms. The van der Waals surface area contributed by atoms with Gasteiger partial charge in [0.2, 0.25) is 0 Å². The van der Waals surface area contributed by atoms with E-state index in [-0.39, 0.29) is 0 Å². The highest BCUT2D eigenvalue weighted by molar-refractivity contribution is 6.29. The molecule has 0 aliphatic heterocycles. The van der Waals surface area contributed by atoms with E-state index in [0.717, 1.165) is 29.9 Å². The van der Waals surface area contributed by atoms with Gasteiger partial charge in [-0.2, -0.15) is 5.10 Å². The summed E-state index contributed by atoms with van der Waals surface area (Å²) in [5.41, 5.74) is 8.62. The van der Waals surface area contributed by atoms with Gasteiger partial charge in [0.05, 0.1) is 17.1 Å². The zero-order valence-electron chi connectivity index (χ0n) is 9.81. The van der Waals surface area contributed by atoms with Gasteiger partial charge in [-0.15, -0.1) is 10.2 Å². The Kier molecular flexibility index (Phi) is 3.28. The van der Waals surface area contributed by atoms with Gasteiger partial charge in [-0.1, -0.05) is 25.4 Å². The number of aryl methyl sites for hydroxylation is 1. The minimum absolute atomic E-state index is 0.364. The third-order valence-corrected chi connectivity index (χ3v) is 2.80. The van der Waals surface area contributed by atoms with Crippen LogP contribution in [0.5, 0.6) is 0 Å². The van der Waals surface area contributed by atoms with Gasteiger partial charge in [-0.3, -0.25) is 0 Å². The van der Waals surface area contributed by atoms with Crippen LogP contribution in [0, 0.1) is 0 Å². The molecule has 0 atom stereocenters. The van der Waals surface area contributed by atoms with Crippen LogP contribution >= 0.6 is 11.6 Å². The lowest BCUT2D eigenvalue weighted by Gasteiger charge is -2.03. The van der Waals surface area contributed by atoms with Crippen molar-refractivity contribution >= 4 is 17.3 Å². The van der Waals surface area contributed by atoms with E-state index in [9.17, 15) is 0 Å². The van der Waals surface area contributed by atoms with Gasteiger partial charge >= 0.3 is 0 Å². The largest absolute Gasteiger partial charge is 0.396 e. The fourth-order valence-corrected chi connectivity index (χ4v) is 1.83. The second kappa shape index (κ2) is 4.71. The third-order valence-electron chi connectivity index (χ3n) is 2.60. The van der Waals surface area contributed by atoms with E-state index >= 15 is 0 Å². The number of hydrogen-bond donors (Lipinski definition) is 1.